The van der Waals surface area contributed by atoms with Crippen molar-refractivity contribution < 1.29 is 22.7 Å². The topological polar surface area (TPSA) is 72.9 Å². The van der Waals surface area contributed by atoms with E-state index in [2.05, 4.69) is 0 Å². The minimum atomic E-state index is -3.14. The van der Waals surface area contributed by atoms with Crippen molar-refractivity contribution in [2.75, 3.05) is 24.7 Å². The molecular weight excluding hydrogens is 282 g/mol. The zero-order valence-electron chi connectivity index (χ0n) is 10.8. The molecule has 108 valence electrons. The van der Waals surface area contributed by atoms with Crippen molar-refractivity contribution in [3.05, 3.63) is 30.3 Å². The van der Waals surface area contributed by atoms with Gasteiger partial charge in [-0.3, -0.25) is 4.90 Å². The summed E-state index contributed by atoms with van der Waals surface area (Å²) in [6, 6.07) is 8.29. The quantitative estimate of drug-likeness (QED) is 0.762. The lowest BCUT2D eigenvalue weighted by atomic mass is 10.1. The second kappa shape index (κ2) is 5.06. The zero-order valence-corrected chi connectivity index (χ0v) is 11.6. The number of hydrogen-bond donors (Lipinski definition) is 0. The lowest BCUT2D eigenvalue weighted by Gasteiger charge is -2.35. The largest absolute Gasteiger partial charge is 0.415 e. The summed E-state index contributed by atoms with van der Waals surface area (Å²) in [6.07, 6.45) is -0.955. The zero-order chi connectivity index (χ0) is 14.2. The van der Waals surface area contributed by atoms with Crippen molar-refractivity contribution in [1.29, 1.82) is 0 Å². The molecule has 2 atom stereocenters. The molecule has 2 aliphatic rings. The Bertz CT molecular complexity index is 600. The van der Waals surface area contributed by atoms with Gasteiger partial charge in [0, 0.05) is 6.54 Å². The van der Waals surface area contributed by atoms with Crippen LogP contribution in [0.1, 0.15) is 0 Å². The molecule has 2 aliphatic heterocycles. The fourth-order valence-corrected chi connectivity index (χ4v) is 4.46. The number of para-hydroxylation sites is 1. The Morgan fingerprint density at radius 2 is 2.00 bits per heavy atom. The van der Waals surface area contributed by atoms with E-state index in [-0.39, 0.29) is 11.5 Å². The molecule has 0 aliphatic carbocycles. The van der Waals surface area contributed by atoms with Crippen LogP contribution in [0.15, 0.2) is 30.3 Å². The predicted molar refractivity (Wildman–Crippen MR) is 71.4 cm³/mol. The molecule has 20 heavy (non-hydrogen) atoms. The van der Waals surface area contributed by atoms with Crippen LogP contribution in [0.3, 0.4) is 0 Å². The SMILES string of the molecule is O=C(Oc1ccccc1)N1CCOC2CS(=O)(=O)CC21. The molecule has 2 fully saturated rings. The number of rotatable bonds is 1. The van der Waals surface area contributed by atoms with E-state index in [4.69, 9.17) is 9.47 Å². The molecule has 0 spiro atoms. The molecule has 0 radical (unpaired) electrons. The van der Waals surface area contributed by atoms with E-state index >= 15 is 0 Å². The molecule has 0 aromatic heterocycles. The monoisotopic (exact) mass is 297 g/mol. The Labute approximate surface area is 117 Å². The summed E-state index contributed by atoms with van der Waals surface area (Å²) in [5.41, 5.74) is 0. The summed E-state index contributed by atoms with van der Waals surface area (Å²) in [5.74, 6) is 0.371. The molecule has 7 heteroatoms. The molecule has 0 bridgehead atoms. The third-order valence-corrected chi connectivity index (χ3v) is 5.21. The Kier molecular flexibility index (Phi) is 3.39. The first-order valence-electron chi connectivity index (χ1n) is 6.41. The van der Waals surface area contributed by atoms with Crippen LogP contribution in [0, 0.1) is 0 Å². The van der Waals surface area contributed by atoms with Crippen LogP contribution in [-0.4, -0.2) is 56.2 Å². The highest BCUT2D eigenvalue weighted by Crippen LogP contribution is 2.25. The van der Waals surface area contributed by atoms with Gasteiger partial charge >= 0.3 is 6.09 Å². The molecule has 3 rings (SSSR count). The maximum atomic E-state index is 12.2. The van der Waals surface area contributed by atoms with E-state index in [9.17, 15) is 13.2 Å². The number of nitrogens with zero attached hydrogens (tertiary/aromatic N) is 1. The summed E-state index contributed by atoms with van der Waals surface area (Å²) in [4.78, 5) is 13.6. The van der Waals surface area contributed by atoms with Crippen LogP contribution in [0.5, 0.6) is 5.75 Å². The number of carbonyl (C=O) groups is 1. The Morgan fingerprint density at radius 3 is 2.75 bits per heavy atom. The number of hydrogen-bond acceptors (Lipinski definition) is 5. The number of carbonyl (C=O) groups excluding carboxylic acids is 1. The summed E-state index contributed by atoms with van der Waals surface area (Å²) in [5, 5.41) is 0. The van der Waals surface area contributed by atoms with Gasteiger partial charge in [-0.1, -0.05) is 18.2 Å². The molecular formula is C13H15NO5S. The lowest BCUT2D eigenvalue weighted by Crippen LogP contribution is -2.54. The average Bonchev–Trinajstić information content (AvgIpc) is 2.73. The van der Waals surface area contributed by atoms with Crippen molar-refractivity contribution >= 4 is 15.9 Å². The molecule has 6 nitrogen and oxygen atoms in total. The van der Waals surface area contributed by atoms with Gasteiger partial charge in [-0.15, -0.1) is 0 Å². The van der Waals surface area contributed by atoms with Gasteiger partial charge in [0.05, 0.1) is 30.3 Å². The Balaban J connectivity index is 1.74. The minimum Gasteiger partial charge on any atom is -0.410 e. The van der Waals surface area contributed by atoms with Gasteiger partial charge in [0.15, 0.2) is 9.84 Å². The normalized spacial score (nSPS) is 27.9. The maximum Gasteiger partial charge on any atom is 0.415 e. The first kappa shape index (κ1) is 13.4. The van der Waals surface area contributed by atoms with E-state index in [1.807, 2.05) is 6.07 Å². The van der Waals surface area contributed by atoms with Crippen LogP contribution < -0.4 is 4.74 Å². The summed E-state index contributed by atoms with van der Waals surface area (Å²) >= 11 is 0. The number of morpholine rings is 1. The molecule has 0 N–H and O–H groups in total. The van der Waals surface area contributed by atoms with Crippen LogP contribution >= 0.6 is 0 Å². The van der Waals surface area contributed by atoms with E-state index < -0.39 is 28.1 Å². The molecule has 1 aromatic rings. The molecule has 1 aromatic carbocycles. The maximum absolute atomic E-state index is 12.2. The van der Waals surface area contributed by atoms with Crippen LogP contribution in [0.4, 0.5) is 4.79 Å². The summed E-state index contributed by atoms with van der Waals surface area (Å²) in [7, 11) is -3.14. The lowest BCUT2D eigenvalue weighted by molar-refractivity contribution is -0.0359. The smallest absolute Gasteiger partial charge is 0.410 e. The minimum absolute atomic E-state index is 0.0210. The second-order valence-corrected chi connectivity index (χ2v) is 7.08. The number of amides is 1. The van der Waals surface area contributed by atoms with Gasteiger partial charge in [0.2, 0.25) is 0 Å². The predicted octanol–water partition coefficient (Wildman–Crippen LogP) is 0.683. The van der Waals surface area contributed by atoms with Crippen LogP contribution in [-0.2, 0) is 14.6 Å². The van der Waals surface area contributed by atoms with Gasteiger partial charge in [-0.05, 0) is 12.1 Å². The van der Waals surface area contributed by atoms with Gasteiger partial charge < -0.3 is 9.47 Å². The molecule has 2 heterocycles. The van der Waals surface area contributed by atoms with Gasteiger partial charge in [-0.2, -0.15) is 0 Å². The van der Waals surface area contributed by atoms with Crippen molar-refractivity contribution in [3.63, 3.8) is 0 Å². The summed E-state index contributed by atoms with van der Waals surface area (Å²) < 4.78 is 34.0. The molecule has 1 amide bonds. The van der Waals surface area contributed by atoms with Crippen molar-refractivity contribution in [1.82, 2.24) is 4.90 Å². The van der Waals surface area contributed by atoms with Crippen LogP contribution in [0.2, 0.25) is 0 Å². The summed E-state index contributed by atoms with van der Waals surface area (Å²) in [6.45, 7) is 0.683. The van der Waals surface area contributed by atoms with E-state index in [1.54, 1.807) is 24.3 Å². The fourth-order valence-electron chi connectivity index (χ4n) is 2.59. The van der Waals surface area contributed by atoms with Crippen LogP contribution in [0.25, 0.3) is 0 Å². The third kappa shape index (κ3) is 2.64. The highest BCUT2D eigenvalue weighted by atomic mass is 32.2. The van der Waals surface area contributed by atoms with Gasteiger partial charge in [0.25, 0.3) is 0 Å². The fraction of sp³-hybridized carbons (Fsp3) is 0.462. The number of ether oxygens (including phenoxy) is 2. The third-order valence-electron chi connectivity index (χ3n) is 3.52. The standard InChI is InChI=1S/C13H15NO5S/c15-13(19-10-4-2-1-3-5-10)14-6-7-18-12-9-20(16,17)8-11(12)14/h1-5,11-12H,6-9H2. The van der Waals surface area contributed by atoms with Crippen molar-refractivity contribution in [2.24, 2.45) is 0 Å². The van der Waals surface area contributed by atoms with E-state index in [1.165, 1.54) is 4.90 Å². The first-order valence-corrected chi connectivity index (χ1v) is 8.23. The van der Waals surface area contributed by atoms with Crippen molar-refractivity contribution in [2.45, 2.75) is 12.1 Å². The van der Waals surface area contributed by atoms with Gasteiger partial charge in [-0.25, -0.2) is 13.2 Å². The van der Waals surface area contributed by atoms with Crippen molar-refractivity contribution in [3.8, 4) is 5.75 Å². The van der Waals surface area contributed by atoms with E-state index in [0.717, 1.165) is 0 Å². The molecule has 0 saturated carbocycles. The number of fused-ring (bicyclic) bond motifs is 1. The van der Waals surface area contributed by atoms with E-state index in [0.29, 0.717) is 18.9 Å². The Hall–Kier alpha value is -1.60. The Morgan fingerprint density at radius 1 is 1.25 bits per heavy atom. The highest BCUT2D eigenvalue weighted by molar-refractivity contribution is 7.91. The second-order valence-electron chi connectivity index (χ2n) is 4.93. The molecule has 2 saturated heterocycles. The average molecular weight is 297 g/mol. The highest BCUT2D eigenvalue weighted by Gasteiger charge is 2.46. The molecule has 2 unspecified atom stereocenters. The number of benzene rings is 1. The number of sulfone groups is 1. The first-order chi connectivity index (χ1) is 9.55. The van der Waals surface area contributed by atoms with Gasteiger partial charge in [0.1, 0.15) is 5.75 Å².